The summed E-state index contributed by atoms with van der Waals surface area (Å²) in [7, 11) is 1.74. The number of carbonyl (C=O) groups is 1. The lowest BCUT2D eigenvalue weighted by Crippen LogP contribution is -2.34. The molecule has 3 rings (SSSR count). The van der Waals surface area contributed by atoms with Crippen LogP contribution in [-0.4, -0.2) is 15.6 Å². The Morgan fingerprint density at radius 2 is 2.12 bits per heavy atom. The monoisotopic (exact) mass is 346 g/mol. The Kier molecular flexibility index (Phi) is 3.72. The van der Waals surface area contributed by atoms with Crippen LogP contribution >= 0.6 is 11.6 Å². The van der Waals surface area contributed by atoms with Crippen molar-refractivity contribution in [2.45, 2.75) is 39.5 Å². The standard InChI is InChI=1S/C17H19ClN4O2/c1-8-14(18)15(22(4)21-8)12-9(7-19)16(20)24-11-6-17(2,3)5-10(23)13(11)12/h12H,5-6,20H2,1-4H3. The molecule has 2 aliphatic rings. The SMILES string of the molecule is Cc1nn(C)c(C2C(C#N)=C(N)OC3=C2C(=O)CC(C)(C)C3)c1Cl. The highest BCUT2D eigenvalue weighted by Gasteiger charge is 2.44. The van der Waals surface area contributed by atoms with Crippen LogP contribution in [0, 0.1) is 23.7 Å². The van der Waals surface area contributed by atoms with Gasteiger partial charge in [-0.25, -0.2) is 0 Å². The topological polar surface area (TPSA) is 93.9 Å². The van der Waals surface area contributed by atoms with Gasteiger partial charge in [0.2, 0.25) is 5.88 Å². The van der Waals surface area contributed by atoms with Gasteiger partial charge in [-0.3, -0.25) is 9.48 Å². The van der Waals surface area contributed by atoms with Crippen molar-refractivity contribution in [3.8, 4) is 6.07 Å². The molecule has 1 atom stereocenters. The largest absolute Gasteiger partial charge is 0.444 e. The molecule has 2 N–H and O–H groups in total. The van der Waals surface area contributed by atoms with Gasteiger partial charge in [0, 0.05) is 25.5 Å². The number of ether oxygens (including phenoxy) is 1. The number of hydrogen-bond donors (Lipinski definition) is 1. The molecule has 1 unspecified atom stereocenters. The second kappa shape index (κ2) is 5.38. The van der Waals surface area contributed by atoms with E-state index in [-0.39, 0.29) is 22.7 Å². The molecule has 1 aliphatic heterocycles. The first-order valence-electron chi connectivity index (χ1n) is 7.69. The molecule has 7 heteroatoms. The molecule has 6 nitrogen and oxygen atoms in total. The van der Waals surface area contributed by atoms with Gasteiger partial charge in [0.15, 0.2) is 5.78 Å². The lowest BCUT2D eigenvalue weighted by molar-refractivity contribution is -0.119. The van der Waals surface area contributed by atoms with Gasteiger partial charge in [0.25, 0.3) is 0 Å². The van der Waals surface area contributed by atoms with Crippen LogP contribution in [0.2, 0.25) is 5.02 Å². The number of aromatic nitrogens is 2. The number of nitrogens with two attached hydrogens (primary N) is 1. The minimum Gasteiger partial charge on any atom is -0.444 e. The number of nitriles is 1. The first kappa shape index (κ1) is 16.6. The highest BCUT2D eigenvalue weighted by Crippen LogP contribution is 2.49. The van der Waals surface area contributed by atoms with Gasteiger partial charge in [-0.15, -0.1) is 0 Å². The van der Waals surface area contributed by atoms with Crippen molar-refractivity contribution in [2.24, 2.45) is 18.2 Å². The van der Waals surface area contributed by atoms with E-state index in [1.807, 2.05) is 13.8 Å². The van der Waals surface area contributed by atoms with Gasteiger partial charge in [0.05, 0.1) is 22.3 Å². The smallest absolute Gasteiger partial charge is 0.205 e. The molecule has 0 fully saturated rings. The Labute approximate surface area is 145 Å². The summed E-state index contributed by atoms with van der Waals surface area (Å²) in [6, 6.07) is 2.08. The van der Waals surface area contributed by atoms with Gasteiger partial charge >= 0.3 is 0 Å². The first-order chi connectivity index (χ1) is 11.2. The highest BCUT2D eigenvalue weighted by atomic mass is 35.5. The quantitative estimate of drug-likeness (QED) is 0.843. The zero-order valence-electron chi connectivity index (χ0n) is 14.1. The van der Waals surface area contributed by atoms with Gasteiger partial charge in [-0.05, 0) is 12.3 Å². The van der Waals surface area contributed by atoms with Gasteiger partial charge in [-0.2, -0.15) is 10.4 Å². The minimum absolute atomic E-state index is 0.0293. The molecule has 1 aliphatic carbocycles. The molecule has 0 aromatic carbocycles. The number of ketones is 1. The van der Waals surface area contributed by atoms with Crippen molar-refractivity contribution in [1.29, 1.82) is 5.26 Å². The predicted octanol–water partition coefficient (Wildman–Crippen LogP) is 2.83. The molecule has 1 aromatic heterocycles. The third kappa shape index (κ3) is 2.40. The Morgan fingerprint density at radius 1 is 1.46 bits per heavy atom. The van der Waals surface area contributed by atoms with Crippen LogP contribution in [0.1, 0.15) is 44.0 Å². The molecule has 0 radical (unpaired) electrons. The van der Waals surface area contributed by atoms with Crippen LogP contribution in [0.25, 0.3) is 0 Å². The molecule has 0 spiro atoms. The average Bonchev–Trinajstić information content (AvgIpc) is 2.69. The molecule has 0 amide bonds. The fourth-order valence-corrected chi connectivity index (χ4v) is 3.79. The molecular formula is C17H19ClN4O2. The van der Waals surface area contributed by atoms with E-state index >= 15 is 0 Å². The fourth-order valence-electron chi connectivity index (χ4n) is 3.52. The normalized spacial score (nSPS) is 23.0. The lowest BCUT2D eigenvalue weighted by atomic mass is 9.71. The van der Waals surface area contributed by atoms with Crippen LogP contribution in [0.3, 0.4) is 0 Å². The maximum atomic E-state index is 12.8. The molecule has 24 heavy (non-hydrogen) atoms. The number of aryl methyl sites for hydroxylation is 2. The van der Waals surface area contributed by atoms with Crippen LogP contribution in [0.15, 0.2) is 22.8 Å². The third-order valence-corrected chi connectivity index (χ3v) is 5.01. The first-order valence-corrected chi connectivity index (χ1v) is 8.07. The van der Waals surface area contributed by atoms with Crippen molar-refractivity contribution < 1.29 is 9.53 Å². The molecule has 1 aromatic rings. The van der Waals surface area contributed by atoms with Gasteiger partial charge < -0.3 is 10.5 Å². The summed E-state index contributed by atoms with van der Waals surface area (Å²) in [5.41, 5.74) is 7.68. The summed E-state index contributed by atoms with van der Waals surface area (Å²) >= 11 is 6.42. The van der Waals surface area contributed by atoms with E-state index in [9.17, 15) is 10.1 Å². The highest BCUT2D eigenvalue weighted by molar-refractivity contribution is 6.32. The van der Waals surface area contributed by atoms with Crippen LogP contribution in [0.5, 0.6) is 0 Å². The van der Waals surface area contributed by atoms with Crippen molar-refractivity contribution >= 4 is 17.4 Å². The predicted molar refractivity (Wildman–Crippen MR) is 88.7 cm³/mol. The van der Waals surface area contributed by atoms with E-state index in [1.54, 1.807) is 18.7 Å². The van der Waals surface area contributed by atoms with E-state index in [1.165, 1.54) is 0 Å². The third-order valence-electron chi connectivity index (χ3n) is 4.54. The molecule has 2 heterocycles. The zero-order valence-corrected chi connectivity index (χ0v) is 14.9. The van der Waals surface area contributed by atoms with Crippen LogP contribution in [-0.2, 0) is 16.6 Å². The van der Waals surface area contributed by atoms with E-state index in [0.717, 1.165) is 0 Å². The van der Waals surface area contributed by atoms with E-state index < -0.39 is 5.92 Å². The minimum atomic E-state index is -0.638. The zero-order chi connectivity index (χ0) is 17.8. The van der Waals surface area contributed by atoms with E-state index in [4.69, 9.17) is 22.1 Å². The summed E-state index contributed by atoms with van der Waals surface area (Å²) in [6.45, 7) is 5.80. The summed E-state index contributed by atoms with van der Waals surface area (Å²) in [5, 5.41) is 14.3. The number of Topliss-reactive ketones (excluding diaryl/α,β-unsaturated/α-hetero) is 1. The Balaban J connectivity index is 2.26. The molecule has 0 saturated heterocycles. The van der Waals surface area contributed by atoms with E-state index in [0.29, 0.717) is 40.6 Å². The second-order valence-electron chi connectivity index (χ2n) is 7.11. The second-order valence-corrected chi connectivity index (χ2v) is 7.49. The van der Waals surface area contributed by atoms with Gasteiger partial charge in [-0.1, -0.05) is 25.4 Å². The van der Waals surface area contributed by atoms with Crippen LogP contribution in [0.4, 0.5) is 0 Å². The molecule has 126 valence electrons. The number of nitrogens with zero attached hydrogens (tertiary/aromatic N) is 3. The van der Waals surface area contributed by atoms with E-state index in [2.05, 4.69) is 11.2 Å². The lowest BCUT2D eigenvalue weighted by Gasteiger charge is -2.37. The summed E-state index contributed by atoms with van der Waals surface area (Å²) in [6.07, 6.45) is 0.969. The summed E-state index contributed by atoms with van der Waals surface area (Å²) in [4.78, 5) is 12.8. The van der Waals surface area contributed by atoms with Crippen molar-refractivity contribution in [2.75, 3.05) is 0 Å². The number of rotatable bonds is 1. The van der Waals surface area contributed by atoms with Crippen molar-refractivity contribution in [3.63, 3.8) is 0 Å². The molecular weight excluding hydrogens is 328 g/mol. The maximum absolute atomic E-state index is 12.8. The molecule has 0 bridgehead atoms. The Bertz CT molecular complexity index is 855. The van der Waals surface area contributed by atoms with Gasteiger partial charge in [0.1, 0.15) is 17.4 Å². The number of halogens is 1. The fraction of sp³-hybridized carbons (Fsp3) is 0.471. The number of carbonyl (C=O) groups excluding carboxylic acids is 1. The molecule has 0 saturated carbocycles. The Hall–Kier alpha value is -2.26. The van der Waals surface area contributed by atoms with Crippen LogP contribution < -0.4 is 5.73 Å². The summed E-state index contributed by atoms with van der Waals surface area (Å²) in [5.74, 6) is -0.114. The van der Waals surface area contributed by atoms with Crippen molar-refractivity contribution in [1.82, 2.24) is 9.78 Å². The Morgan fingerprint density at radius 3 is 2.67 bits per heavy atom. The van der Waals surface area contributed by atoms with Crippen molar-refractivity contribution in [3.05, 3.63) is 39.2 Å². The number of hydrogen-bond acceptors (Lipinski definition) is 5. The number of allylic oxidation sites excluding steroid dienone is 3. The average molecular weight is 347 g/mol. The summed E-state index contributed by atoms with van der Waals surface area (Å²) < 4.78 is 7.27. The maximum Gasteiger partial charge on any atom is 0.205 e.